The number of nitrogens with one attached hydrogen (secondary N) is 2. The Morgan fingerprint density at radius 3 is 2.36 bits per heavy atom. The SMILES string of the molecule is CCNC(=NCCCCN1CCN(CC)CC1)NC1CCN(CC(F)(F)F)C1. The Labute approximate surface area is 167 Å². The van der Waals surface area contributed by atoms with Crippen molar-refractivity contribution in [1.29, 1.82) is 0 Å². The molecular weight excluding hydrogens is 369 g/mol. The van der Waals surface area contributed by atoms with Crippen LogP contribution in [-0.2, 0) is 0 Å². The lowest BCUT2D eigenvalue weighted by atomic mass is 10.2. The second-order valence-electron chi connectivity index (χ2n) is 7.72. The molecule has 1 unspecified atom stereocenters. The van der Waals surface area contributed by atoms with Crippen LogP contribution in [0, 0.1) is 0 Å². The first-order valence-electron chi connectivity index (χ1n) is 10.7. The van der Waals surface area contributed by atoms with Gasteiger partial charge < -0.3 is 20.4 Å². The third-order valence-corrected chi connectivity index (χ3v) is 5.42. The van der Waals surface area contributed by atoms with Crippen LogP contribution in [0.4, 0.5) is 13.2 Å². The molecule has 0 aromatic heterocycles. The molecule has 0 bridgehead atoms. The zero-order valence-corrected chi connectivity index (χ0v) is 17.4. The van der Waals surface area contributed by atoms with Gasteiger partial charge in [-0.25, -0.2) is 0 Å². The highest BCUT2D eigenvalue weighted by molar-refractivity contribution is 5.80. The van der Waals surface area contributed by atoms with Crippen molar-refractivity contribution in [2.75, 3.05) is 72.0 Å². The Bertz CT molecular complexity index is 463. The van der Waals surface area contributed by atoms with Crippen molar-refractivity contribution >= 4 is 5.96 Å². The molecule has 0 saturated carbocycles. The summed E-state index contributed by atoms with van der Waals surface area (Å²) in [4.78, 5) is 11.1. The summed E-state index contributed by atoms with van der Waals surface area (Å²) < 4.78 is 37.6. The summed E-state index contributed by atoms with van der Waals surface area (Å²) in [6.45, 7) is 12.6. The monoisotopic (exact) mass is 406 g/mol. The van der Waals surface area contributed by atoms with Crippen LogP contribution in [0.3, 0.4) is 0 Å². The molecule has 0 amide bonds. The molecule has 0 aromatic rings. The zero-order chi connectivity index (χ0) is 20.4. The first-order valence-corrected chi connectivity index (χ1v) is 10.7. The summed E-state index contributed by atoms with van der Waals surface area (Å²) >= 11 is 0. The van der Waals surface area contributed by atoms with Crippen molar-refractivity contribution in [3.8, 4) is 0 Å². The fourth-order valence-corrected chi connectivity index (χ4v) is 3.83. The molecule has 6 nitrogen and oxygen atoms in total. The van der Waals surface area contributed by atoms with Crippen molar-refractivity contribution in [1.82, 2.24) is 25.3 Å². The van der Waals surface area contributed by atoms with E-state index >= 15 is 0 Å². The van der Waals surface area contributed by atoms with Gasteiger partial charge in [-0.1, -0.05) is 6.92 Å². The van der Waals surface area contributed by atoms with E-state index in [0.29, 0.717) is 19.5 Å². The molecule has 0 aliphatic carbocycles. The van der Waals surface area contributed by atoms with Crippen molar-refractivity contribution < 1.29 is 13.2 Å². The van der Waals surface area contributed by atoms with Crippen LogP contribution >= 0.6 is 0 Å². The molecule has 1 atom stereocenters. The number of guanidine groups is 1. The van der Waals surface area contributed by atoms with Gasteiger partial charge in [-0.2, -0.15) is 13.2 Å². The number of hydrogen-bond donors (Lipinski definition) is 2. The van der Waals surface area contributed by atoms with Gasteiger partial charge in [-0.3, -0.25) is 9.89 Å². The minimum absolute atomic E-state index is 0.0232. The molecule has 164 valence electrons. The van der Waals surface area contributed by atoms with Gasteiger partial charge in [-0.05, 0) is 39.3 Å². The van der Waals surface area contributed by atoms with Crippen molar-refractivity contribution in [3.05, 3.63) is 0 Å². The maximum absolute atomic E-state index is 12.5. The molecule has 9 heteroatoms. The average Bonchev–Trinajstić information content (AvgIpc) is 3.07. The van der Waals surface area contributed by atoms with Crippen LogP contribution in [0.2, 0.25) is 0 Å². The van der Waals surface area contributed by atoms with Gasteiger partial charge in [0.1, 0.15) is 0 Å². The summed E-state index contributed by atoms with van der Waals surface area (Å²) in [6, 6.07) is 0.0232. The Kier molecular flexibility index (Phi) is 9.81. The Hall–Kier alpha value is -1.06. The first kappa shape index (κ1) is 23.2. The van der Waals surface area contributed by atoms with E-state index in [1.807, 2.05) is 6.92 Å². The molecule has 2 aliphatic rings. The third-order valence-electron chi connectivity index (χ3n) is 5.42. The van der Waals surface area contributed by atoms with Gasteiger partial charge in [0, 0.05) is 58.4 Å². The van der Waals surface area contributed by atoms with Crippen molar-refractivity contribution in [2.24, 2.45) is 4.99 Å². The first-order chi connectivity index (χ1) is 13.4. The quantitative estimate of drug-likeness (QED) is 0.346. The molecular formula is C19H37F3N6. The molecule has 2 heterocycles. The molecule has 2 saturated heterocycles. The maximum Gasteiger partial charge on any atom is 0.401 e. The molecule has 0 aromatic carbocycles. The fourth-order valence-electron chi connectivity index (χ4n) is 3.83. The minimum atomic E-state index is -4.13. The van der Waals surface area contributed by atoms with Crippen molar-refractivity contribution in [3.63, 3.8) is 0 Å². The molecule has 0 radical (unpaired) electrons. The Balaban J connectivity index is 1.64. The van der Waals surface area contributed by atoms with E-state index in [9.17, 15) is 13.2 Å². The van der Waals surface area contributed by atoms with Crippen LogP contribution in [0.5, 0.6) is 0 Å². The number of halogens is 3. The second-order valence-corrected chi connectivity index (χ2v) is 7.72. The van der Waals surface area contributed by atoms with Crippen molar-refractivity contribution in [2.45, 2.75) is 45.3 Å². The minimum Gasteiger partial charge on any atom is -0.357 e. The number of alkyl halides is 3. The van der Waals surface area contributed by atoms with E-state index < -0.39 is 12.7 Å². The van der Waals surface area contributed by atoms with Gasteiger partial charge in [0.2, 0.25) is 0 Å². The predicted octanol–water partition coefficient (Wildman–Crippen LogP) is 1.60. The van der Waals surface area contributed by atoms with Crippen LogP contribution in [0.15, 0.2) is 4.99 Å². The highest BCUT2D eigenvalue weighted by Crippen LogP contribution is 2.19. The summed E-state index contributed by atoms with van der Waals surface area (Å²) in [5.41, 5.74) is 0. The number of likely N-dealkylation sites (N-methyl/N-ethyl adjacent to an activating group) is 1. The van der Waals surface area contributed by atoms with Gasteiger partial charge in [0.05, 0.1) is 6.54 Å². The van der Waals surface area contributed by atoms with E-state index in [1.165, 1.54) is 4.90 Å². The van der Waals surface area contributed by atoms with Gasteiger partial charge in [0.15, 0.2) is 5.96 Å². The highest BCUT2D eigenvalue weighted by Gasteiger charge is 2.34. The molecule has 2 aliphatic heterocycles. The number of likely N-dealkylation sites (tertiary alicyclic amines) is 1. The Morgan fingerprint density at radius 2 is 1.71 bits per heavy atom. The number of unbranched alkanes of at least 4 members (excludes halogenated alkanes) is 1. The predicted molar refractivity (Wildman–Crippen MR) is 108 cm³/mol. The Morgan fingerprint density at radius 1 is 1.00 bits per heavy atom. The van der Waals surface area contributed by atoms with E-state index in [-0.39, 0.29) is 6.04 Å². The van der Waals surface area contributed by atoms with Gasteiger partial charge in [-0.15, -0.1) is 0 Å². The smallest absolute Gasteiger partial charge is 0.357 e. The number of piperazine rings is 1. The number of aliphatic imine (C=N–C) groups is 1. The average molecular weight is 407 g/mol. The highest BCUT2D eigenvalue weighted by atomic mass is 19.4. The summed E-state index contributed by atoms with van der Waals surface area (Å²) in [6.07, 6.45) is -1.27. The summed E-state index contributed by atoms with van der Waals surface area (Å²) in [5.74, 6) is 0.720. The van der Waals surface area contributed by atoms with Crippen LogP contribution in [0.25, 0.3) is 0 Å². The fraction of sp³-hybridized carbons (Fsp3) is 0.947. The summed E-state index contributed by atoms with van der Waals surface area (Å²) in [5, 5.41) is 6.50. The standard InChI is InChI=1S/C19H37F3N6/c1-3-23-18(25-17-7-10-28(15-17)16-19(20,21)22)24-8-5-6-9-27-13-11-26(4-2)12-14-27/h17H,3-16H2,1-2H3,(H2,23,24,25). The molecule has 2 rings (SSSR count). The topological polar surface area (TPSA) is 46.1 Å². The van der Waals surface area contributed by atoms with Crippen LogP contribution in [0.1, 0.15) is 33.1 Å². The van der Waals surface area contributed by atoms with E-state index in [0.717, 1.165) is 71.2 Å². The number of hydrogen-bond acceptors (Lipinski definition) is 4. The number of rotatable bonds is 9. The largest absolute Gasteiger partial charge is 0.401 e. The lowest BCUT2D eigenvalue weighted by Gasteiger charge is -2.33. The van der Waals surface area contributed by atoms with Crippen LogP contribution < -0.4 is 10.6 Å². The van der Waals surface area contributed by atoms with E-state index in [1.54, 1.807) is 0 Å². The van der Waals surface area contributed by atoms with E-state index in [2.05, 4.69) is 32.3 Å². The molecule has 2 N–H and O–H groups in total. The normalized spacial score (nSPS) is 23.3. The lowest BCUT2D eigenvalue weighted by molar-refractivity contribution is -0.143. The van der Waals surface area contributed by atoms with Crippen LogP contribution in [-0.4, -0.2) is 105 Å². The third kappa shape index (κ3) is 8.96. The van der Waals surface area contributed by atoms with E-state index in [4.69, 9.17) is 0 Å². The molecule has 2 fully saturated rings. The summed E-state index contributed by atoms with van der Waals surface area (Å²) in [7, 11) is 0. The maximum atomic E-state index is 12.5. The van der Waals surface area contributed by atoms with Gasteiger partial charge in [0.25, 0.3) is 0 Å². The van der Waals surface area contributed by atoms with Gasteiger partial charge >= 0.3 is 6.18 Å². The molecule has 0 spiro atoms. The molecule has 28 heavy (non-hydrogen) atoms. The number of nitrogens with zero attached hydrogens (tertiary/aromatic N) is 4. The zero-order valence-electron chi connectivity index (χ0n) is 17.4. The lowest BCUT2D eigenvalue weighted by Crippen LogP contribution is -2.46. The second kappa shape index (κ2) is 11.8.